The first-order valence-corrected chi connectivity index (χ1v) is 7.30. The van der Waals surface area contributed by atoms with E-state index in [1.54, 1.807) is 6.20 Å². The lowest BCUT2D eigenvalue weighted by atomic mass is 9.59. The van der Waals surface area contributed by atoms with Gasteiger partial charge in [-0.2, -0.15) is 0 Å². The Kier molecular flexibility index (Phi) is 2.14. The lowest BCUT2D eigenvalue weighted by molar-refractivity contribution is -0.125. The third kappa shape index (κ3) is 1.38. The Morgan fingerprint density at radius 3 is 2.95 bits per heavy atom. The molecule has 1 aromatic carbocycles. The molecule has 1 N–H and O–H groups in total. The van der Waals surface area contributed by atoms with Gasteiger partial charge in [0.2, 0.25) is 5.91 Å². The molecule has 1 spiro atoms. The number of carbonyl (C=O) groups is 1. The van der Waals surface area contributed by atoms with Crippen molar-refractivity contribution < 1.29 is 4.79 Å². The Morgan fingerprint density at radius 2 is 2.21 bits per heavy atom. The molecule has 0 bridgehead atoms. The summed E-state index contributed by atoms with van der Waals surface area (Å²) in [6.07, 6.45) is 3.68. The first-order chi connectivity index (χ1) is 9.10. The van der Waals surface area contributed by atoms with Crippen molar-refractivity contribution >= 4 is 38.4 Å². The van der Waals surface area contributed by atoms with E-state index in [0.29, 0.717) is 5.92 Å². The average Bonchev–Trinajstić information content (AvgIpc) is 2.63. The second-order valence-corrected chi connectivity index (χ2v) is 6.67. The number of halogens is 1. The molecule has 2 aliphatic rings. The largest absolute Gasteiger partial charge is 0.324 e. The SMILES string of the molecule is CC1CC2(C1)C(=O)Nc1cnc3ccc(Br)cc3c12. The summed E-state index contributed by atoms with van der Waals surface area (Å²) in [6, 6.07) is 6.06. The van der Waals surface area contributed by atoms with Gasteiger partial charge in [0.05, 0.1) is 22.8 Å². The normalized spacial score (nSPS) is 28.3. The van der Waals surface area contributed by atoms with E-state index in [2.05, 4.69) is 39.2 Å². The third-order valence-electron chi connectivity index (χ3n) is 4.39. The maximum atomic E-state index is 12.4. The monoisotopic (exact) mass is 316 g/mol. The summed E-state index contributed by atoms with van der Waals surface area (Å²) in [6.45, 7) is 2.20. The number of fused-ring (bicyclic) bond motifs is 4. The van der Waals surface area contributed by atoms with Gasteiger partial charge in [0.15, 0.2) is 0 Å². The lowest BCUT2D eigenvalue weighted by Gasteiger charge is -2.42. The fraction of sp³-hybridized carbons (Fsp3) is 0.333. The van der Waals surface area contributed by atoms with E-state index in [4.69, 9.17) is 0 Å². The summed E-state index contributed by atoms with van der Waals surface area (Å²) in [5, 5.41) is 4.10. The summed E-state index contributed by atoms with van der Waals surface area (Å²) in [7, 11) is 0. The van der Waals surface area contributed by atoms with E-state index in [9.17, 15) is 4.79 Å². The number of benzene rings is 1. The minimum Gasteiger partial charge on any atom is -0.324 e. The predicted octanol–water partition coefficient (Wildman–Crippen LogP) is 3.62. The first-order valence-electron chi connectivity index (χ1n) is 6.50. The third-order valence-corrected chi connectivity index (χ3v) is 4.88. The molecule has 1 fully saturated rings. The van der Waals surface area contributed by atoms with E-state index in [0.717, 1.165) is 39.5 Å². The zero-order valence-corrected chi connectivity index (χ0v) is 12.1. The van der Waals surface area contributed by atoms with Crippen LogP contribution in [0.2, 0.25) is 0 Å². The van der Waals surface area contributed by atoms with Gasteiger partial charge < -0.3 is 5.32 Å². The van der Waals surface area contributed by atoms with Gasteiger partial charge in [-0.05, 0) is 37.0 Å². The number of amides is 1. The topological polar surface area (TPSA) is 42.0 Å². The van der Waals surface area contributed by atoms with Crippen molar-refractivity contribution in [2.75, 3.05) is 5.32 Å². The van der Waals surface area contributed by atoms with E-state index >= 15 is 0 Å². The summed E-state index contributed by atoms with van der Waals surface area (Å²) in [4.78, 5) is 16.8. The van der Waals surface area contributed by atoms with E-state index in [-0.39, 0.29) is 11.3 Å². The molecule has 1 aliphatic carbocycles. The average molecular weight is 317 g/mol. The van der Waals surface area contributed by atoms with Crippen molar-refractivity contribution in [3.63, 3.8) is 0 Å². The molecule has 1 amide bonds. The fourth-order valence-corrected chi connectivity index (χ4v) is 4.01. The first kappa shape index (κ1) is 11.4. The number of aromatic nitrogens is 1. The van der Waals surface area contributed by atoms with E-state index < -0.39 is 0 Å². The Labute approximate surface area is 119 Å². The summed E-state index contributed by atoms with van der Waals surface area (Å²) in [5.41, 5.74) is 2.69. The number of anilines is 1. The highest BCUT2D eigenvalue weighted by molar-refractivity contribution is 9.10. The fourth-order valence-electron chi connectivity index (χ4n) is 3.65. The van der Waals surface area contributed by atoms with Crippen LogP contribution < -0.4 is 5.32 Å². The molecule has 0 saturated heterocycles. The van der Waals surface area contributed by atoms with Gasteiger partial charge in [-0.1, -0.05) is 22.9 Å². The van der Waals surface area contributed by atoms with Gasteiger partial charge >= 0.3 is 0 Å². The number of carbonyl (C=O) groups excluding carboxylic acids is 1. The molecular formula is C15H13BrN2O. The number of hydrogen-bond acceptors (Lipinski definition) is 2. The van der Waals surface area contributed by atoms with Crippen molar-refractivity contribution in [2.24, 2.45) is 5.92 Å². The maximum Gasteiger partial charge on any atom is 0.235 e. The van der Waals surface area contributed by atoms with E-state index in [1.165, 1.54) is 0 Å². The quantitative estimate of drug-likeness (QED) is 0.806. The molecule has 2 aromatic rings. The van der Waals surface area contributed by atoms with Crippen LogP contribution in [0.4, 0.5) is 5.69 Å². The van der Waals surface area contributed by atoms with Gasteiger partial charge in [-0.15, -0.1) is 0 Å². The van der Waals surface area contributed by atoms with Crippen molar-refractivity contribution in [1.29, 1.82) is 0 Å². The van der Waals surface area contributed by atoms with Crippen LogP contribution in [-0.2, 0) is 10.2 Å². The molecule has 1 saturated carbocycles. The second-order valence-electron chi connectivity index (χ2n) is 5.76. The highest BCUT2D eigenvalue weighted by atomic mass is 79.9. The van der Waals surface area contributed by atoms with Gasteiger partial charge in [0, 0.05) is 15.4 Å². The molecular weight excluding hydrogens is 304 g/mol. The summed E-state index contributed by atoms with van der Waals surface area (Å²) in [5.74, 6) is 0.766. The standard InChI is InChI=1S/C15H13BrN2O/c1-8-5-15(6-8)13-10-4-9(16)2-3-11(10)17-7-12(13)18-14(15)19/h2-4,7-8H,5-6H2,1H3,(H,18,19). The zero-order chi connectivity index (χ0) is 13.2. The molecule has 19 heavy (non-hydrogen) atoms. The highest BCUT2D eigenvalue weighted by Gasteiger charge is 2.55. The molecule has 1 aliphatic heterocycles. The summed E-state index contributed by atoms with van der Waals surface area (Å²) >= 11 is 3.51. The number of rotatable bonds is 0. The van der Waals surface area contributed by atoms with E-state index in [1.807, 2.05) is 12.1 Å². The maximum absolute atomic E-state index is 12.4. The van der Waals surface area contributed by atoms with Crippen molar-refractivity contribution in [3.05, 3.63) is 34.4 Å². The molecule has 1 aromatic heterocycles. The van der Waals surface area contributed by atoms with Crippen molar-refractivity contribution in [3.8, 4) is 0 Å². The number of hydrogen-bond donors (Lipinski definition) is 1. The van der Waals surface area contributed by atoms with Crippen LogP contribution in [0.3, 0.4) is 0 Å². The minimum atomic E-state index is -0.309. The molecule has 0 unspecified atom stereocenters. The molecule has 4 heteroatoms. The molecule has 0 radical (unpaired) electrons. The Balaban J connectivity index is 2.05. The van der Waals surface area contributed by atoms with Gasteiger partial charge in [-0.3, -0.25) is 9.78 Å². The van der Waals surface area contributed by atoms with Crippen LogP contribution in [0.15, 0.2) is 28.9 Å². The van der Waals surface area contributed by atoms with Crippen LogP contribution in [0.5, 0.6) is 0 Å². The number of nitrogens with zero attached hydrogens (tertiary/aromatic N) is 1. The van der Waals surface area contributed by atoms with Crippen LogP contribution in [0, 0.1) is 5.92 Å². The Morgan fingerprint density at radius 1 is 1.42 bits per heavy atom. The molecule has 96 valence electrons. The smallest absolute Gasteiger partial charge is 0.235 e. The van der Waals surface area contributed by atoms with Crippen LogP contribution in [0.25, 0.3) is 10.9 Å². The van der Waals surface area contributed by atoms with Crippen LogP contribution in [0.1, 0.15) is 25.3 Å². The van der Waals surface area contributed by atoms with Crippen molar-refractivity contribution in [2.45, 2.75) is 25.2 Å². The highest BCUT2D eigenvalue weighted by Crippen LogP contribution is 2.55. The number of nitrogens with one attached hydrogen (secondary N) is 1. The van der Waals surface area contributed by atoms with Gasteiger partial charge in [-0.25, -0.2) is 0 Å². The minimum absolute atomic E-state index is 0.148. The Bertz CT molecular complexity index is 719. The summed E-state index contributed by atoms with van der Waals surface area (Å²) < 4.78 is 1.03. The van der Waals surface area contributed by atoms with Crippen LogP contribution >= 0.6 is 15.9 Å². The lowest BCUT2D eigenvalue weighted by Crippen LogP contribution is -2.45. The van der Waals surface area contributed by atoms with Gasteiger partial charge in [0.1, 0.15) is 0 Å². The zero-order valence-electron chi connectivity index (χ0n) is 10.5. The predicted molar refractivity (Wildman–Crippen MR) is 78.1 cm³/mol. The number of pyridine rings is 1. The Hall–Kier alpha value is -1.42. The van der Waals surface area contributed by atoms with Crippen LogP contribution in [-0.4, -0.2) is 10.9 Å². The molecule has 2 heterocycles. The molecule has 4 rings (SSSR count). The van der Waals surface area contributed by atoms with Crippen molar-refractivity contribution in [1.82, 2.24) is 4.98 Å². The van der Waals surface area contributed by atoms with Gasteiger partial charge in [0.25, 0.3) is 0 Å². The molecule has 3 nitrogen and oxygen atoms in total. The molecule has 0 atom stereocenters. The second kappa shape index (κ2) is 3.57.